The Morgan fingerprint density at radius 3 is 2.43 bits per heavy atom. The Bertz CT molecular complexity index is 774. The molecule has 2 unspecified atom stereocenters. The number of amides is 3. The van der Waals surface area contributed by atoms with E-state index in [9.17, 15) is 9.59 Å². The molecule has 0 saturated carbocycles. The third kappa shape index (κ3) is 5.44. The second-order valence-electron chi connectivity index (χ2n) is 8.38. The van der Waals surface area contributed by atoms with E-state index in [1.807, 2.05) is 6.92 Å². The Labute approximate surface area is 196 Å². The largest absolute Gasteiger partial charge is 0.357 e. The van der Waals surface area contributed by atoms with Gasteiger partial charge in [-0.2, -0.15) is 0 Å². The predicted molar refractivity (Wildman–Crippen MR) is 130 cm³/mol. The molecule has 7 nitrogen and oxygen atoms in total. The van der Waals surface area contributed by atoms with Crippen molar-refractivity contribution in [2.24, 2.45) is 10.9 Å². The first kappa shape index (κ1) is 24.4. The summed E-state index contributed by atoms with van der Waals surface area (Å²) >= 11 is 0. The van der Waals surface area contributed by atoms with Crippen molar-refractivity contribution in [2.75, 3.05) is 26.2 Å². The van der Waals surface area contributed by atoms with Gasteiger partial charge in [-0.3, -0.25) is 15.1 Å². The van der Waals surface area contributed by atoms with E-state index < -0.39 is 5.54 Å². The van der Waals surface area contributed by atoms with Gasteiger partial charge < -0.3 is 15.5 Å². The summed E-state index contributed by atoms with van der Waals surface area (Å²) in [4.78, 5) is 30.9. The first-order valence-electron chi connectivity index (χ1n) is 10.6. The first-order valence-corrected chi connectivity index (χ1v) is 10.6. The first-order chi connectivity index (χ1) is 13.8. The Hall–Kier alpha value is -1.84. The normalized spacial score (nSPS) is 23.5. The molecule has 0 aliphatic carbocycles. The number of carbonyl (C=O) groups is 2. The number of likely N-dealkylation sites (tertiary alicyclic amines) is 1. The molecule has 0 radical (unpaired) electrons. The van der Waals surface area contributed by atoms with Crippen LogP contribution < -0.4 is 16.0 Å². The number of halogens is 1. The summed E-state index contributed by atoms with van der Waals surface area (Å²) in [5, 5.41) is 8.59. The lowest BCUT2D eigenvalue weighted by Crippen LogP contribution is -2.55. The van der Waals surface area contributed by atoms with Crippen LogP contribution in [-0.2, 0) is 4.79 Å². The number of piperidine rings is 1. The van der Waals surface area contributed by atoms with Crippen molar-refractivity contribution in [1.82, 2.24) is 20.9 Å². The fraction of sp³-hybridized carbons (Fsp3) is 0.591. The molecule has 3 amide bonds. The molecule has 0 bridgehead atoms. The molecule has 1 aromatic carbocycles. The Balaban J connectivity index is 0.00000320. The lowest BCUT2D eigenvalue weighted by atomic mass is 9.79. The zero-order chi connectivity index (χ0) is 21.0. The van der Waals surface area contributed by atoms with Gasteiger partial charge in [0.15, 0.2) is 5.96 Å². The molecule has 2 aliphatic rings. The minimum atomic E-state index is -0.807. The molecule has 2 saturated heterocycles. The molecule has 2 fully saturated rings. The van der Waals surface area contributed by atoms with Gasteiger partial charge in [0.1, 0.15) is 5.54 Å². The van der Waals surface area contributed by atoms with Crippen molar-refractivity contribution >= 4 is 41.9 Å². The van der Waals surface area contributed by atoms with Crippen molar-refractivity contribution < 1.29 is 9.59 Å². The summed E-state index contributed by atoms with van der Waals surface area (Å²) in [6.45, 7) is 11.4. The standard InChI is InChI=1S/C22H33N5O2.HI/c1-5-23-20(24-14-16(3)17-8-6-15(2)7-9-17)27-12-10-18(11-13-27)22(4)19(28)25-21(29)26-22;/h6-9,16,18H,5,10-14H2,1-4H3,(H,23,24)(H2,25,26,28,29);1H. The van der Waals surface area contributed by atoms with Gasteiger partial charge in [0.05, 0.1) is 0 Å². The quantitative estimate of drug-likeness (QED) is 0.238. The van der Waals surface area contributed by atoms with Gasteiger partial charge in [-0.25, -0.2) is 4.79 Å². The molecule has 8 heteroatoms. The molecule has 166 valence electrons. The van der Waals surface area contributed by atoms with Gasteiger partial charge in [-0.1, -0.05) is 36.8 Å². The highest BCUT2D eigenvalue weighted by Gasteiger charge is 2.48. The van der Waals surface area contributed by atoms with Gasteiger partial charge in [-0.05, 0) is 45.1 Å². The van der Waals surface area contributed by atoms with E-state index in [1.165, 1.54) is 11.1 Å². The number of hydrogen-bond acceptors (Lipinski definition) is 3. The average Bonchev–Trinajstić information content (AvgIpc) is 2.98. The number of hydrogen-bond donors (Lipinski definition) is 3. The summed E-state index contributed by atoms with van der Waals surface area (Å²) in [6, 6.07) is 8.25. The number of rotatable bonds is 5. The van der Waals surface area contributed by atoms with Crippen LogP contribution in [0.5, 0.6) is 0 Å². The van der Waals surface area contributed by atoms with E-state index in [0.29, 0.717) is 5.92 Å². The van der Waals surface area contributed by atoms with E-state index in [1.54, 1.807) is 0 Å². The van der Waals surface area contributed by atoms with Crippen molar-refractivity contribution in [3.63, 3.8) is 0 Å². The molecule has 30 heavy (non-hydrogen) atoms. The van der Waals surface area contributed by atoms with Gasteiger partial charge in [0, 0.05) is 32.1 Å². The van der Waals surface area contributed by atoms with Crippen LogP contribution in [-0.4, -0.2) is 54.5 Å². The van der Waals surface area contributed by atoms with Crippen molar-refractivity contribution in [3.05, 3.63) is 35.4 Å². The number of guanidine groups is 1. The topological polar surface area (TPSA) is 85.8 Å². The maximum atomic E-state index is 12.2. The fourth-order valence-electron chi connectivity index (χ4n) is 4.16. The molecule has 3 N–H and O–H groups in total. The van der Waals surface area contributed by atoms with Crippen LogP contribution in [0.3, 0.4) is 0 Å². The van der Waals surface area contributed by atoms with Crippen LogP contribution in [0, 0.1) is 12.8 Å². The summed E-state index contributed by atoms with van der Waals surface area (Å²) in [6.07, 6.45) is 1.67. The molecule has 0 spiro atoms. The molecule has 0 aromatic heterocycles. The van der Waals surface area contributed by atoms with E-state index in [4.69, 9.17) is 4.99 Å². The summed E-state index contributed by atoms with van der Waals surface area (Å²) < 4.78 is 0. The number of aliphatic imine (C=N–C) groups is 1. The van der Waals surface area contributed by atoms with Crippen LogP contribution in [0.1, 0.15) is 50.7 Å². The minimum Gasteiger partial charge on any atom is -0.357 e. The van der Waals surface area contributed by atoms with E-state index in [0.717, 1.165) is 45.0 Å². The maximum absolute atomic E-state index is 12.2. The number of urea groups is 1. The Kier molecular flexibility index (Phi) is 8.52. The SMILES string of the molecule is CCNC(=NCC(C)c1ccc(C)cc1)N1CCC(C2(C)NC(=O)NC2=O)CC1.I. The monoisotopic (exact) mass is 527 g/mol. The van der Waals surface area contributed by atoms with Gasteiger partial charge >= 0.3 is 6.03 Å². The number of aryl methyl sites for hydroxylation is 1. The zero-order valence-corrected chi connectivity index (χ0v) is 20.7. The van der Waals surface area contributed by atoms with E-state index >= 15 is 0 Å². The lowest BCUT2D eigenvalue weighted by Gasteiger charge is -2.39. The molecule has 2 heterocycles. The number of carbonyl (C=O) groups excluding carboxylic acids is 2. The molecular weight excluding hydrogens is 493 g/mol. The molecule has 3 rings (SSSR count). The summed E-state index contributed by atoms with van der Waals surface area (Å²) in [7, 11) is 0. The third-order valence-electron chi connectivity index (χ3n) is 6.18. The Morgan fingerprint density at radius 1 is 1.27 bits per heavy atom. The molecule has 2 atom stereocenters. The average molecular weight is 527 g/mol. The number of imide groups is 1. The number of benzene rings is 1. The third-order valence-corrected chi connectivity index (χ3v) is 6.18. The number of nitrogens with zero attached hydrogens (tertiary/aromatic N) is 2. The molecule has 2 aliphatic heterocycles. The van der Waals surface area contributed by atoms with Gasteiger partial charge in [-0.15, -0.1) is 24.0 Å². The zero-order valence-electron chi connectivity index (χ0n) is 18.3. The smallest absolute Gasteiger partial charge is 0.322 e. The second-order valence-corrected chi connectivity index (χ2v) is 8.38. The second kappa shape index (κ2) is 10.5. The maximum Gasteiger partial charge on any atom is 0.322 e. The van der Waals surface area contributed by atoms with Crippen molar-refractivity contribution in [2.45, 2.75) is 52.0 Å². The van der Waals surface area contributed by atoms with Gasteiger partial charge in [0.25, 0.3) is 5.91 Å². The highest BCUT2D eigenvalue weighted by atomic mass is 127. The van der Waals surface area contributed by atoms with Crippen LogP contribution in [0.2, 0.25) is 0 Å². The van der Waals surface area contributed by atoms with E-state index in [2.05, 4.69) is 65.9 Å². The number of nitrogens with one attached hydrogen (secondary N) is 3. The molecule has 1 aromatic rings. The lowest BCUT2D eigenvalue weighted by molar-refractivity contribution is -0.125. The van der Waals surface area contributed by atoms with Crippen LogP contribution >= 0.6 is 24.0 Å². The van der Waals surface area contributed by atoms with Crippen LogP contribution in [0.4, 0.5) is 4.79 Å². The van der Waals surface area contributed by atoms with Gasteiger partial charge in [0.2, 0.25) is 0 Å². The fourth-order valence-corrected chi connectivity index (χ4v) is 4.16. The highest BCUT2D eigenvalue weighted by Crippen LogP contribution is 2.30. The van der Waals surface area contributed by atoms with Crippen molar-refractivity contribution in [1.29, 1.82) is 0 Å². The summed E-state index contributed by atoms with van der Waals surface area (Å²) in [5.74, 6) is 1.18. The molecular formula is C22H34IN5O2. The highest BCUT2D eigenvalue weighted by molar-refractivity contribution is 14.0. The predicted octanol–water partition coefficient (Wildman–Crippen LogP) is 2.99. The van der Waals surface area contributed by atoms with Crippen molar-refractivity contribution in [3.8, 4) is 0 Å². The van der Waals surface area contributed by atoms with E-state index in [-0.39, 0.29) is 41.8 Å². The Morgan fingerprint density at radius 2 is 1.90 bits per heavy atom. The summed E-state index contributed by atoms with van der Waals surface area (Å²) in [5.41, 5.74) is 1.75. The van der Waals surface area contributed by atoms with Crippen LogP contribution in [0.25, 0.3) is 0 Å². The minimum absolute atomic E-state index is 0. The van der Waals surface area contributed by atoms with Crippen LogP contribution in [0.15, 0.2) is 29.3 Å².